The van der Waals surface area contributed by atoms with E-state index >= 15 is 0 Å². The summed E-state index contributed by atoms with van der Waals surface area (Å²) in [6.45, 7) is 1.98. The van der Waals surface area contributed by atoms with Crippen LogP contribution in [0, 0.1) is 0 Å². The molecule has 6 heteroatoms. The number of nitrogens with one attached hydrogen (secondary N) is 1. The minimum absolute atomic E-state index is 0.244. The number of amides is 1. The van der Waals surface area contributed by atoms with Gasteiger partial charge in [-0.25, -0.2) is 0 Å². The zero-order valence-corrected chi connectivity index (χ0v) is 18.5. The first-order valence-corrected chi connectivity index (χ1v) is 18.5. The Morgan fingerprint density at radius 1 is 1.12 bits per heavy atom. The number of benzene rings is 2. The topological polar surface area (TPSA) is 55.4 Å². The van der Waals surface area contributed by atoms with Crippen LogP contribution < -0.4 is 8.90 Å². The summed E-state index contributed by atoms with van der Waals surface area (Å²) in [6.07, 6.45) is 0. The number of carbonyl (C=O) groups excluding carboxylic acids is 2. The van der Waals surface area contributed by atoms with Crippen molar-refractivity contribution in [1.29, 1.82) is 0 Å². The number of rotatable bonds is 5. The molecule has 0 heterocycles. The van der Waals surface area contributed by atoms with Crippen LogP contribution >= 0.6 is 11.6 Å². The van der Waals surface area contributed by atoms with Crippen molar-refractivity contribution >= 4 is 51.1 Å². The summed E-state index contributed by atoms with van der Waals surface area (Å²) >= 11 is 3.70. The van der Waals surface area contributed by atoms with Gasteiger partial charge in [0.2, 0.25) is 0 Å². The molecular weight excluding hydrogens is 444 g/mol. The van der Waals surface area contributed by atoms with Gasteiger partial charge in [-0.2, -0.15) is 0 Å². The minimum atomic E-state index is -2.27. The van der Waals surface area contributed by atoms with Crippen LogP contribution in [0.5, 0.6) is 0 Å². The molecule has 25 heavy (non-hydrogen) atoms. The molecule has 132 valence electrons. The van der Waals surface area contributed by atoms with E-state index in [2.05, 4.69) is 26.2 Å². The molecule has 1 amide bonds. The van der Waals surface area contributed by atoms with E-state index in [1.807, 2.05) is 12.1 Å². The van der Waals surface area contributed by atoms with Crippen LogP contribution in [-0.2, 0) is 4.74 Å². The van der Waals surface area contributed by atoms with Crippen molar-refractivity contribution in [1.82, 2.24) is 0 Å². The summed E-state index contributed by atoms with van der Waals surface area (Å²) in [7, 11) is 0. The molecule has 0 saturated heterocycles. The number of hydrogen-bond acceptors (Lipinski definition) is 3. The molecule has 0 aliphatic carbocycles. The van der Waals surface area contributed by atoms with Crippen molar-refractivity contribution in [3.63, 3.8) is 0 Å². The Bertz CT molecular complexity index is 799. The number of esters is 1. The van der Waals surface area contributed by atoms with Gasteiger partial charge in [-0.15, -0.1) is 0 Å². The van der Waals surface area contributed by atoms with E-state index in [0.29, 0.717) is 16.3 Å². The van der Waals surface area contributed by atoms with Crippen molar-refractivity contribution in [2.45, 2.75) is 21.7 Å². The molecule has 0 aliphatic rings. The molecule has 2 rings (SSSR count). The number of ether oxygens (including phenoxy) is 1. The normalized spacial score (nSPS) is 11.1. The van der Waals surface area contributed by atoms with Gasteiger partial charge in [0.25, 0.3) is 0 Å². The molecule has 0 aliphatic heterocycles. The third-order valence-corrected chi connectivity index (χ3v) is 9.78. The average molecular weight is 467 g/mol. The molecule has 0 fully saturated rings. The Labute approximate surface area is 157 Å². The quantitative estimate of drug-likeness (QED) is 0.528. The molecule has 1 N–H and O–H groups in total. The van der Waals surface area contributed by atoms with E-state index in [1.165, 1.54) is 9.65 Å². The van der Waals surface area contributed by atoms with Crippen LogP contribution in [0.2, 0.25) is 19.8 Å². The first-order chi connectivity index (χ1) is 11.7. The number of anilines is 1. The summed E-state index contributed by atoms with van der Waals surface area (Å²) in [5.41, 5.74) is 1.21. The van der Waals surface area contributed by atoms with Crippen LogP contribution in [0.15, 0.2) is 42.5 Å². The summed E-state index contributed by atoms with van der Waals surface area (Å²) in [5.74, 6) is -0.773. The van der Waals surface area contributed by atoms with E-state index < -0.39 is 24.3 Å². The van der Waals surface area contributed by atoms with Crippen molar-refractivity contribution in [3.05, 3.63) is 58.6 Å². The van der Waals surface area contributed by atoms with E-state index in [-0.39, 0.29) is 18.1 Å². The van der Waals surface area contributed by atoms with E-state index in [9.17, 15) is 9.59 Å². The molecule has 0 spiro atoms. The summed E-state index contributed by atoms with van der Waals surface area (Å²) in [5, 5.41) is 3.20. The van der Waals surface area contributed by atoms with Gasteiger partial charge < -0.3 is 0 Å². The summed E-state index contributed by atoms with van der Waals surface area (Å²) < 4.78 is 6.30. The van der Waals surface area contributed by atoms with Gasteiger partial charge >= 0.3 is 158 Å². The SMILES string of the molecule is CCOC(=O)c1cc(Cl)ccc1NC(=O)c1ccc[c]([Sn]([CH3])([CH3])[CH3])c1. The molecule has 0 bridgehead atoms. The fraction of sp³-hybridized carbons (Fsp3) is 0.263. The first-order valence-electron chi connectivity index (χ1n) is 8.11. The van der Waals surface area contributed by atoms with Gasteiger partial charge in [0.05, 0.1) is 0 Å². The van der Waals surface area contributed by atoms with Crippen LogP contribution in [0.4, 0.5) is 5.69 Å². The Morgan fingerprint density at radius 3 is 2.48 bits per heavy atom. The zero-order valence-electron chi connectivity index (χ0n) is 14.9. The third kappa shape index (κ3) is 5.22. The van der Waals surface area contributed by atoms with E-state index in [4.69, 9.17) is 16.3 Å². The average Bonchev–Trinajstić information content (AvgIpc) is 2.56. The van der Waals surface area contributed by atoms with Crippen molar-refractivity contribution < 1.29 is 14.3 Å². The predicted molar refractivity (Wildman–Crippen MR) is 105 cm³/mol. The second-order valence-electron chi connectivity index (χ2n) is 6.70. The molecule has 2 aromatic rings. The van der Waals surface area contributed by atoms with Crippen molar-refractivity contribution in [2.24, 2.45) is 0 Å². The van der Waals surface area contributed by atoms with Crippen molar-refractivity contribution in [2.75, 3.05) is 11.9 Å². The molecule has 0 aromatic heterocycles. The number of carbonyl (C=O) groups is 2. The molecule has 4 nitrogen and oxygen atoms in total. The Balaban J connectivity index is 2.31. The molecule has 0 unspecified atom stereocenters. The van der Waals surface area contributed by atoms with Crippen LogP contribution in [-0.4, -0.2) is 36.9 Å². The third-order valence-electron chi connectivity index (χ3n) is 3.72. The van der Waals surface area contributed by atoms with Crippen LogP contribution in [0.1, 0.15) is 27.6 Å². The molecular formula is C19H22ClNO3Sn. The zero-order chi connectivity index (χ0) is 18.6. The summed E-state index contributed by atoms with van der Waals surface area (Å²) in [4.78, 5) is 31.6. The second-order valence-corrected chi connectivity index (χ2v) is 21.6. The van der Waals surface area contributed by atoms with Gasteiger partial charge in [0.1, 0.15) is 0 Å². The van der Waals surface area contributed by atoms with Crippen molar-refractivity contribution in [3.8, 4) is 0 Å². The van der Waals surface area contributed by atoms with E-state index in [0.717, 1.165) is 0 Å². The fourth-order valence-electron chi connectivity index (χ4n) is 2.32. The Hall–Kier alpha value is -1.53. The van der Waals surface area contributed by atoms with Gasteiger partial charge in [-0.3, -0.25) is 0 Å². The Kier molecular flexibility index (Phi) is 6.52. The first kappa shape index (κ1) is 19.8. The van der Waals surface area contributed by atoms with Gasteiger partial charge in [-0.1, -0.05) is 0 Å². The van der Waals surface area contributed by atoms with Gasteiger partial charge in [-0.05, 0) is 0 Å². The maximum atomic E-state index is 12.6. The number of halogens is 1. The van der Waals surface area contributed by atoms with E-state index in [1.54, 1.807) is 25.1 Å². The number of hydrogen-bond donors (Lipinski definition) is 1. The fourth-order valence-corrected chi connectivity index (χ4v) is 5.88. The van der Waals surface area contributed by atoms with Gasteiger partial charge in [0.15, 0.2) is 0 Å². The monoisotopic (exact) mass is 467 g/mol. The second kappa shape index (κ2) is 8.23. The summed E-state index contributed by atoms with van der Waals surface area (Å²) in [6, 6.07) is 12.4. The van der Waals surface area contributed by atoms with Crippen LogP contribution in [0.25, 0.3) is 0 Å². The molecule has 2 aromatic carbocycles. The Morgan fingerprint density at radius 2 is 1.84 bits per heavy atom. The van der Waals surface area contributed by atoms with Crippen LogP contribution in [0.3, 0.4) is 0 Å². The molecule has 0 saturated carbocycles. The van der Waals surface area contributed by atoms with Gasteiger partial charge in [0, 0.05) is 0 Å². The maximum absolute atomic E-state index is 12.6. The standard InChI is InChI=1S/C16H13ClNO3.3CH3.Sn/c1-2-21-16(20)13-10-12(17)8-9-14(13)18-15(19)11-6-4-3-5-7-11;;;;/h3-4,6-10H,2H2,1H3,(H,18,19);3*1H3;. The molecule has 0 radical (unpaired) electrons. The molecule has 0 atom stereocenters. The predicted octanol–water partition coefficient (Wildman–Crippen LogP) is 4.31.